The maximum atomic E-state index is 14.0. The first-order chi connectivity index (χ1) is 15.3. The Hall–Kier alpha value is -4.30. The van der Waals surface area contributed by atoms with E-state index in [0.29, 0.717) is 5.52 Å². The van der Waals surface area contributed by atoms with Crippen LogP contribution in [0.3, 0.4) is 0 Å². The lowest BCUT2D eigenvalue weighted by Gasteiger charge is -2.25. The SMILES string of the molecule is CCN(c1nc(N)nc(N)c1C#N)c1nc2cccc(Cl)c2c(=O)n1-c1cncc(F)c1. The van der Waals surface area contributed by atoms with Crippen molar-refractivity contribution in [1.29, 1.82) is 5.26 Å². The van der Waals surface area contributed by atoms with Gasteiger partial charge in [0.05, 0.1) is 34.0 Å². The lowest BCUT2D eigenvalue weighted by Crippen LogP contribution is -2.31. The van der Waals surface area contributed by atoms with Crippen molar-refractivity contribution in [3.05, 3.63) is 63.4 Å². The van der Waals surface area contributed by atoms with E-state index in [-0.39, 0.29) is 51.7 Å². The summed E-state index contributed by atoms with van der Waals surface area (Å²) in [5.41, 5.74) is 11.4. The van der Waals surface area contributed by atoms with Crippen LogP contribution in [0.4, 0.5) is 27.9 Å². The number of benzene rings is 1. The van der Waals surface area contributed by atoms with E-state index in [1.54, 1.807) is 25.1 Å². The van der Waals surface area contributed by atoms with Crippen LogP contribution in [0, 0.1) is 17.1 Å². The maximum Gasteiger partial charge on any atom is 0.268 e. The maximum absolute atomic E-state index is 14.0. The molecule has 0 aliphatic heterocycles. The van der Waals surface area contributed by atoms with E-state index in [4.69, 9.17) is 23.1 Å². The Labute approximate surface area is 185 Å². The fraction of sp³-hybridized carbons (Fsp3) is 0.100. The molecule has 12 heteroatoms. The van der Waals surface area contributed by atoms with Crippen LogP contribution in [-0.4, -0.2) is 31.0 Å². The highest BCUT2D eigenvalue weighted by Gasteiger charge is 2.25. The summed E-state index contributed by atoms with van der Waals surface area (Å²) in [6.45, 7) is 1.95. The van der Waals surface area contributed by atoms with E-state index < -0.39 is 11.4 Å². The highest BCUT2D eigenvalue weighted by atomic mass is 35.5. The van der Waals surface area contributed by atoms with Gasteiger partial charge in [0.1, 0.15) is 23.3 Å². The summed E-state index contributed by atoms with van der Waals surface area (Å²) < 4.78 is 15.1. The molecule has 0 bridgehead atoms. The zero-order chi connectivity index (χ0) is 23.0. The first kappa shape index (κ1) is 21.0. The van der Waals surface area contributed by atoms with E-state index in [9.17, 15) is 14.4 Å². The summed E-state index contributed by atoms with van der Waals surface area (Å²) in [6.07, 6.45) is 2.31. The minimum atomic E-state index is -0.657. The van der Waals surface area contributed by atoms with Crippen LogP contribution in [0.5, 0.6) is 0 Å². The van der Waals surface area contributed by atoms with Gasteiger partial charge in [0, 0.05) is 12.6 Å². The number of nitrogen functional groups attached to an aromatic ring is 2. The third kappa shape index (κ3) is 3.42. The number of halogens is 2. The second-order valence-electron chi connectivity index (χ2n) is 6.57. The van der Waals surface area contributed by atoms with Crippen LogP contribution in [-0.2, 0) is 0 Å². The molecule has 4 rings (SSSR count). The summed E-state index contributed by atoms with van der Waals surface area (Å²) in [4.78, 5) is 31.4. The minimum Gasteiger partial charge on any atom is -0.382 e. The van der Waals surface area contributed by atoms with E-state index in [0.717, 1.165) is 16.8 Å². The number of anilines is 4. The molecule has 0 aliphatic carbocycles. The van der Waals surface area contributed by atoms with Crippen molar-refractivity contribution in [2.45, 2.75) is 6.92 Å². The first-order valence-corrected chi connectivity index (χ1v) is 9.66. The normalized spacial score (nSPS) is 10.8. The van der Waals surface area contributed by atoms with E-state index >= 15 is 0 Å². The molecule has 0 radical (unpaired) electrons. The van der Waals surface area contributed by atoms with Gasteiger partial charge in [0.15, 0.2) is 5.82 Å². The molecular weight excluding hydrogens is 437 g/mol. The number of nitriles is 1. The molecular formula is C20H15ClFN9O. The summed E-state index contributed by atoms with van der Waals surface area (Å²) in [5.74, 6) is -0.866. The monoisotopic (exact) mass is 451 g/mol. The number of pyridine rings is 1. The van der Waals surface area contributed by atoms with Crippen LogP contribution in [0.1, 0.15) is 12.5 Å². The number of nitrogens with zero attached hydrogens (tertiary/aromatic N) is 7. The Kier molecular flexibility index (Phi) is 5.29. The Balaban J connectivity index is 2.14. The molecule has 4 N–H and O–H groups in total. The first-order valence-electron chi connectivity index (χ1n) is 9.28. The van der Waals surface area contributed by atoms with E-state index in [1.165, 1.54) is 11.1 Å². The van der Waals surface area contributed by atoms with Gasteiger partial charge in [0.25, 0.3) is 5.56 Å². The van der Waals surface area contributed by atoms with Crippen molar-refractivity contribution in [2.24, 2.45) is 0 Å². The van der Waals surface area contributed by atoms with E-state index in [1.807, 2.05) is 6.07 Å². The number of rotatable bonds is 4. The molecule has 3 heterocycles. The smallest absolute Gasteiger partial charge is 0.268 e. The molecule has 0 unspecified atom stereocenters. The van der Waals surface area contributed by atoms with Crippen molar-refractivity contribution in [3.8, 4) is 11.8 Å². The molecule has 10 nitrogen and oxygen atoms in total. The van der Waals surface area contributed by atoms with Gasteiger partial charge >= 0.3 is 0 Å². The molecule has 32 heavy (non-hydrogen) atoms. The third-order valence-corrected chi connectivity index (χ3v) is 4.95. The minimum absolute atomic E-state index is 0.0358. The number of nitrogens with two attached hydrogens (primary N) is 2. The molecule has 1 aromatic carbocycles. The molecule has 0 amide bonds. The summed E-state index contributed by atoms with van der Waals surface area (Å²) in [7, 11) is 0. The van der Waals surface area contributed by atoms with Gasteiger partial charge in [-0.3, -0.25) is 14.7 Å². The third-order valence-electron chi connectivity index (χ3n) is 4.64. The lowest BCUT2D eigenvalue weighted by atomic mass is 10.2. The van der Waals surface area contributed by atoms with Gasteiger partial charge in [-0.05, 0) is 19.1 Å². The molecule has 4 aromatic rings. The molecule has 0 aliphatic rings. The molecule has 0 atom stereocenters. The fourth-order valence-electron chi connectivity index (χ4n) is 3.29. The van der Waals surface area contributed by atoms with Crippen molar-refractivity contribution in [1.82, 2.24) is 24.5 Å². The second-order valence-corrected chi connectivity index (χ2v) is 6.98. The summed E-state index contributed by atoms with van der Waals surface area (Å²) in [5, 5.41) is 9.94. The van der Waals surface area contributed by atoms with Crippen molar-refractivity contribution in [2.75, 3.05) is 22.9 Å². The van der Waals surface area contributed by atoms with Crippen LogP contribution < -0.4 is 21.9 Å². The van der Waals surface area contributed by atoms with Crippen molar-refractivity contribution in [3.63, 3.8) is 0 Å². The second kappa shape index (κ2) is 8.09. The van der Waals surface area contributed by atoms with Crippen LogP contribution >= 0.6 is 11.6 Å². The highest BCUT2D eigenvalue weighted by Crippen LogP contribution is 2.31. The lowest BCUT2D eigenvalue weighted by molar-refractivity contribution is 0.619. The highest BCUT2D eigenvalue weighted by molar-refractivity contribution is 6.35. The number of aromatic nitrogens is 5. The molecule has 0 fully saturated rings. The summed E-state index contributed by atoms with van der Waals surface area (Å²) >= 11 is 6.27. The van der Waals surface area contributed by atoms with Gasteiger partial charge in [-0.15, -0.1) is 0 Å². The van der Waals surface area contributed by atoms with Crippen molar-refractivity contribution >= 4 is 46.0 Å². The molecule has 160 valence electrons. The summed E-state index contributed by atoms with van der Waals surface area (Å²) in [6, 6.07) is 7.89. The zero-order valence-electron chi connectivity index (χ0n) is 16.6. The molecule has 0 spiro atoms. The van der Waals surface area contributed by atoms with E-state index in [2.05, 4.69) is 19.9 Å². The van der Waals surface area contributed by atoms with Crippen LogP contribution in [0.2, 0.25) is 5.02 Å². The predicted octanol–water partition coefficient (Wildman–Crippen LogP) is 2.56. The average Bonchev–Trinajstić information content (AvgIpc) is 2.74. The molecule has 0 saturated heterocycles. The molecule has 0 saturated carbocycles. The topological polar surface area (TPSA) is 153 Å². The van der Waals surface area contributed by atoms with Gasteiger partial charge in [-0.2, -0.15) is 15.2 Å². The quantitative estimate of drug-likeness (QED) is 0.476. The zero-order valence-corrected chi connectivity index (χ0v) is 17.4. The van der Waals surface area contributed by atoms with Gasteiger partial charge < -0.3 is 11.5 Å². The predicted molar refractivity (Wildman–Crippen MR) is 118 cm³/mol. The largest absolute Gasteiger partial charge is 0.382 e. The Morgan fingerprint density at radius 3 is 2.72 bits per heavy atom. The van der Waals surface area contributed by atoms with Crippen LogP contribution in [0.25, 0.3) is 16.6 Å². The Morgan fingerprint density at radius 2 is 2.03 bits per heavy atom. The number of fused-ring (bicyclic) bond motifs is 1. The fourth-order valence-corrected chi connectivity index (χ4v) is 3.54. The van der Waals surface area contributed by atoms with Gasteiger partial charge in [-0.1, -0.05) is 17.7 Å². The van der Waals surface area contributed by atoms with Crippen molar-refractivity contribution < 1.29 is 4.39 Å². The number of hydrogen-bond donors (Lipinski definition) is 2. The number of hydrogen-bond acceptors (Lipinski definition) is 9. The standard InChI is InChI=1S/C20H15ClFN9O/c1-2-30(17-12(7-23)16(24)28-19(25)29-17)20-27-14-5-3-4-13(21)15(14)18(32)31(20)11-6-10(22)8-26-9-11/h3-6,8-9H,2H2,1H3,(H4,24,25,28,29). The van der Waals surface area contributed by atoms with Gasteiger partial charge in [0.2, 0.25) is 11.9 Å². The Morgan fingerprint density at radius 1 is 1.25 bits per heavy atom. The molecule has 3 aromatic heterocycles. The van der Waals surface area contributed by atoms with Crippen LogP contribution in [0.15, 0.2) is 41.5 Å². The average molecular weight is 452 g/mol. The van der Waals surface area contributed by atoms with Gasteiger partial charge in [-0.25, -0.2) is 13.9 Å². The Bertz CT molecular complexity index is 1460.